The molecule has 9 nitrogen and oxygen atoms in total. The molecule has 4 heterocycles. The van der Waals surface area contributed by atoms with E-state index in [-0.39, 0.29) is 42.9 Å². The van der Waals surface area contributed by atoms with Crippen molar-refractivity contribution in [3.8, 4) is 0 Å². The molecule has 150 valence electrons. The minimum absolute atomic E-state index is 0.000799. The highest BCUT2D eigenvalue weighted by Crippen LogP contribution is 2.45. The third-order valence-corrected chi connectivity index (χ3v) is 7.32. The molecule has 28 heavy (non-hydrogen) atoms. The second-order valence-corrected chi connectivity index (χ2v) is 9.50. The van der Waals surface area contributed by atoms with E-state index in [1.165, 1.54) is 16.4 Å². The molecule has 2 atom stereocenters. The molecule has 0 saturated carbocycles. The number of rotatable bonds is 4. The number of sulfonamides is 1. The smallest absolute Gasteiger partial charge is 0.272 e. The quantitative estimate of drug-likeness (QED) is 0.727. The minimum Gasteiger partial charge on any atom is -0.339 e. The molecular formula is C17H20FN5O4S. The number of nitrogens with zero attached hydrogens (tertiary/aromatic N) is 5. The van der Waals surface area contributed by atoms with E-state index in [2.05, 4.69) is 15.1 Å². The molecule has 0 spiro atoms. The Bertz CT molecular complexity index is 1010. The van der Waals surface area contributed by atoms with Crippen molar-refractivity contribution in [2.24, 2.45) is 5.92 Å². The van der Waals surface area contributed by atoms with Crippen molar-refractivity contribution in [2.75, 3.05) is 31.9 Å². The van der Waals surface area contributed by atoms with Gasteiger partial charge < -0.3 is 9.42 Å². The van der Waals surface area contributed by atoms with Crippen molar-refractivity contribution in [3.63, 3.8) is 0 Å². The van der Waals surface area contributed by atoms with Crippen LogP contribution in [0.1, 0.15) is 29.1 Å². The predicted molar refractivity (Wildman–Crippen MR) is 95.3 cm³/mol. The Morgan fingerprint density at radius 2 is 2.14 bits per heavy atom. The van der Waals surface area contributed by atoms with Crippen LogP contribution < -0.4 is 0 Å². The van der Waals surface area contributed by atoms with Gasteiger partial charge in [0.15, 0.2) is 5.82 Å². The van der Waals surface area contributed by atoms with Crippen molar-refractivity contribution in [1.82, 2.24) is 24.3 Å². The molecule has 2 aliphatic heterocycles. The summed E-state index contributed by atoms with van der Waals surface area (Å²) in [5.74, 6) is -0.252. The average molecular weight is 409 g/mol. The highest BCUT2D eigenvalue weighted by molar-refractivity contribution is 7.89. The van der Waals surface area contributed by atoms with Crippen LogP contribution in [0.4, 0.5) is 4.39 Å². The molecule has 2 saturated heterocycles. The number of pyridine rings is 1. The largest absolute Gasteiger partial charge is 0.339 e. The summed E-state index contributed by atoms with van der Waals surface area (Å²) in [5, 5.41) is 3.85. The number of hydrogen-bond acceptors (Lipinski definition) is 7. The lowest BCUT2D eigenvalue weighted by atomic mass is 9.81. The van der Waals surface area contributed by atoms with Crippen LogP contribution >= 0.6 is 0 Å². The molecular weight excluding hydrogens is 389 g/mol. The Balaban J connectivity index is 1.66. The third-order valence-electron chi connectivity index (χ3n) is 5.52. The summed E-state index contributed by atoms with van der Waals surface area (Å²) in [6.07, 6.45) is 0.997. The van der Waals surface area contributed by atoms with Crippen LogP contribution in [0, 0.1) is 18.7 Å². The van der Waals surface area contributed by atoms with E-state index in [4.69, 9.17) is 4.52 Å². The third kappa shape index (κ3) is 2.98. The molecule has 0 radical (unpaired) electrons. The van der Waals surface area contributed by atoms with Crippen LogP contribution in [-0.4, -0.2) is 70.6 Å². The first-order valence-electron chi connectivity index (χ1n) is 8.94. The van der Waals surface area contributed by atoms with Crippen molar-refractivity contribution in [3.05, 3.63) is 41.6 Å². The summed E-state index contributed by atoms with van der Waals surface area (Å²) in [6, 6.07) is 2.52. The first-order valence-corrected chi connectivity index (χ1v) is 10.6. The van der Waals surface area contributed by atoms with Crippen molar-refractivity contribution < 1.29 is 22.1 Å². The normalized spacial score (nSPS) is 25.2. The number of aryl methyl sites for hydroxylation is 1. The molecule has 0 N–H and O–H groups in total. The van der Waals surface area contributed by atoms with Crippen molar-refractivity contribution in [2.45, 2.75) is 19.3 Å². The van der Waals surface area contributed by atoms with E-state index < -0.39 is 21.3 Å². The standard InChI is InChI=1S/C17H20FN5O4S/c1-3-28(25,26)23-8-12-7-22(15(24)14-5-4-13(18)6-19-14)9-17(12,10-23)16-20-11(2)21-27-16/h4-6,12H,3,7-10H2,1-2H3/t12-,17-/m0/s1. The van der Waals surface area contributed by atoms with Crippen LogP contribution in [0.25, 0.3) is 0 Å². The van der Waals surface area contributed by atoms with Gasteiger partial charge in [-0.3, -0.25) is 4.79 Å². The van der Waals surface area contributed by atoms with Gasteiger partial charge in [0.05, 0.1) is 17.4 Å². The average Bonchev–Trinajstić information content (AvgIpc) is 3.34. The summed E-state index contributed by atoms with van der Waals surface area (Å²) in [4.78, 5) is 22.6. The Hall–Kier alpha value is -2.40. The number of hydrogen-bond donors (Lipinski definition) is 0. The van der Waals surface area contributed by atoms with E-state index in [1.54, 1.807) is 18.7 Å². The fourth-order valence-corrected chi connectivity index (χ4v) is 5.23. The van der Waals surface area contributed by atoms with Crippen molar-refractivity contribution in [1.29, 1.82) is 0 Å². The van der Waals surface area contributed by atoms with Crippen molar-refractivity contribution >= 4 is 15.9 Å². The number of aromatic nitrogens is 3. The van der Waals surface area contributed by atoms with Gasteiger partial charge in [0.1, 0.15) is 11.5 Å². The SMILES string of the molecule is CCS(=O)(=O)N1C[C@@H]2CN(C(=O)c3ccc(F)cn3)C[C@]2(c2nc(C)no2)C1. The summed E-state index contributed by atoms with van der Waals surface area (Å²) in [6.45, 7) is 4.30. The Morgan fingerprint density at radius 3 is 2.75 bits per heavy atom. The zero-order chi connectivity index (χ0) is 20.1. The van der Waals surface area contributed by atoms with E-state index in [0.717, 1.165) is 6.20 Å². The highest BCUT2D eigenvalue weighted by atomic mass is 32.2. The fourth-order valence-electron chi connectivity index (χ4n) is 4.03. The molecule has 0 bridgehead atoms. The topological polar surface area (TPSA) is 110 Å². The monoisotopic (exact) mass is 409 g/mol. The zero-order valence-electron chi connectivity index (χ0n) is 15.5. The lowest BCUT2D eigenvalue weighted by molar-refractivity contribution is 0.0767. The number of amides is 1. The lowest BCUT2D eigenvalue weighted by Crippen LogP contribution is -2.41. The number of carbonyl (C=O) groups excluding carboxylic acids is 1. The molecule has 2 fully saturated rings. The van der Waals surface area contributed by atoms with Gasteiger partial charge in [0.25, 0.3) is 5.91 Å². The van der Waals surface area contributed by atoms with Gasteiger partial charge in [-0.15, -0.1) is 0 Å². The summed E-state index contributed by atoms with van der Waals surface area (Å²) < 4.78 is 44.8. The Morgan fingerprint density at radius 1 is 1.36 bits per heavy atom. The van der Waals surface area contributed by atoms with Gasteiger partial charge in [-0.2, -0.15) is 4.98 Å². The maximum absolute atomic E-state index is 13.1. The maximum atomic E-state index is 13.1. The molecule has 0 unspecified atom stereocenters. The van der Waals surface area contributed by atoms with Crippen LogP contribution in [-0.2, 0) is 15.4 Å². The van der Waals surface area contributed by atoms with E-state index in [0.29, 0.717) is 18.3 Å². The summed E-state index contributed by atoms with van der Waals surface area (Å²) in [5.41, 5.74) is -0.629. The molecule has 2 aromatic heterocycles. The minimum atomic E-state index is -3.39. The van der Waals surface area contributed by atoms with Gasteiger partial charge in [-0.05, 0) is 26.0 Å². The van der Waals surface area contributed by atoms with Gasteiger partial charge >= 0.3 is 0 Å². The molecule has 1 amide bonds. The Labute approximate surface area is 161 Å². The summed E-state index contributed by atoms with van der Waals surface area (Å²) in [7, 11) is -3.39. The van der Waals surface area contributed by atoms with Gasteiger partial charge in [0.2, 0.25) is 15.9 Å². The van der Waals surface area contributed by atoms with Crippen LogP contribution in [0.5, 0.6) is 0 Å². The fraction of sp³-hybridized carbons (Fsp3) is 0.529. The van der Waals surface area contributed by atoms with Crippen LogP contribution in [0.2, 0.25) is 0 Å². The van der Waals surface area contributed by atoms with E-state index in [9.17, 15) is 17.6 Å². The van der Waals surface area contributed by atoms with Crippen LogP contribution in [0.15, 0.2) is 22.9 Å². The second kappa shape index (κ2) is 6.59. The number of carbonyl (C=O) groups is 1. The molecule has 11 heteroatoms. The summed E-state index contributed by atoms with van der Waals surface area (Å²) >= 11 is 0. The molecule has 0 aliphatic carbocycles. The predicted octanol–water partition coefficient (Wildman–Crippen LogP) is 0.587. The van der Waals surface area contributed by atoms with Gasteiger partial charge in [0, 0.05) is 32.1 Å². The molecule has 2 aromatic rings. The van der Waals surface area contributed by atoms with Crippen LogP contribution in [0.3, 0.4) is 0 Å². The first-order chi connectivity index (χ1) is 13.2. The van der Waals surface area contributed by atoms with Gasteiger partial charge in [-0.1, -0.05) is 5.16 Å². The molecule has 2 aliphatic rings. The molecule has 4 rings (SSSR count). The number of fused-ring (bicyclic) bond motifs is 1. The first kappa shape index (κ1) is 18.9. The molecule has 0 aromatic carbocycles. The lowest BCUT2D eigenvalue weighted by Gasteiger charge is -2.25. The number of likely N-dealkylation sites (tertiary alicyclic amines) is 1. The van der Waals surface area contributed by atoms with E-state index >= 15 is 0 Å². The van der Waals surface area contributed by atoms with Gasteiger partial charge in [-0.25, -0.2) is 22.1 Å². The zero-order valence-corrected chi connectivity index (χ0v) is 16.3. The number of halogens is 1. The van der Waals surface area contributed by atoms with E-state index in [1.807, 2.05) is 0 Å². The second-order valence-electron chi connectivity index (χ2n) is 7.24. The highest BCUT2D eigenvalue weighted by Gasteiger charge is 2.59. The Kier molecular flexibility index (Phi) is 4.46. The maximum Gasteiger partial charge on any atom is 0.272 e.